The van der Waals surface area contributed by atoms with Gasteiger partial charge < -0.3 is 9.84 Å². The zero-order chi connectivity index (χ0) is 16.5. The van der Waals surface area contributed by atoms with E-state index in [1.165, 1.54) is 0 Å². The molecule has 0 radical (unpaired) electrons. The van der Waals surface area contributed by atoms with Gasteiger partial charge in [-0.25, -0.2) is 9.97 Å². The summed E-state index contributed by atoms with van der Waals surface area (Å²) in [5, 5.41) is 12.7. The highest BCUT2D eigenvalue weighted by molar-refractivity contribution is 5.86. The van der Waals surface area contributed by atoms with E-state index in [-0.39, 0.29) is 0 Å². The van der Waals surface area contributed by atoms with E-state index in [0.29, 0.717) is 18.5 Å². The van der Waals surface area contributed by atoms with Crippen molar-refractivity contribution in [1.29, 1.82) is 0 Å². The molecule has 1 aliphatic heterocycles. The number of hydrogen-bond donors (Lipinski definition) is 1. The molecule has 4 rings (SSSR count). The number of piperidine rings is 1. The molecule has 9 heteroatoms. The highest BCUT2D eigenvalue weighted by atomic mass is 16.5. The van der Waals surface area contributed by atoms with Crippen molar-refractivity contribution in [2.75, 3.05) is 18.4 Å². The molecule has 0 aromatic carbocycles. The Hall–Kier alpha value is -2.55. The van der Waals surface area contributed by atoms with Crippen LogP contribution in [0.1, 0.15) is 24.6 Å². The molecule has 0 spiro atoms. The summed E-state index contributed by atoms with van der Waals surface area (Å²) in [7, 11) is 1.88. The summed E-state index contributed by atoms with van der Waals surface area (Å²) >= 11 is 0. The summed E-state index contributed by atoms with van der Waals surface area (Å²) in [6.07, 6.45) is 5.61. The van der Waals surface area contributed by atoms with E-state index in [4.69, 9.17) is 4.52 Å². The largest absolute Gasteiger partial charge is 0.365 e. The molecule has 0 unspecified atom stereocenters. The fourth-order valence-electron chi connectivity index (χ4n) is 3.19. The summed E-state index contributed by atoms with van der Waals surface area (Å²) in [6.45, 7) is 4.48. The fourth-order valence-corrected chi connectivity index (χ4v) is 3.19. The predicted octanol–water partition coefficient (Wildman–Crippen LogP) is 1.13. The van der Waals surface area contributed by atoms with Gasteiger partial charge in [0.25, 0.3) is 0 Å². The van der Waals surface area contributed by atoms with Crippen molar-refractivity contribution in [1.82, 2.24) is 34.8 Å². The summed E-state index contributed by atoms with van der Waals surface area (Å²) in [6, 6.07) is 0.324. The lowest BCUT2D eigenvalue weighted by Crippen LogP contribution is -2.42. The number of anilines is 1. The van der Waals surface area contributed by atoms with Crippen molar-refractivity contribution in [3.8, 4) is 0 Å². The third-order valence-electron chi connectivity index (χ3n) is 4.31. The summed E-state index contributed by atoms with van der Waals surface area (Å²) in [5.74, 6) is 2.19. The standard InChI is InChI=1S/C15H20N8O/c1-10-19-13(21-24-10)8-23-5-3-4-11(7-23)20-14-12-6-18-22(2)15(12)17-9-16-14/h6,9,11H,3-5,7-8H2,1-2H3,(H,16,17,20)/t11-/m1/s1. The lowest BCUT2D eigenvalue weighted by Gasteiger charge is -2.32. The molecule has 9 nitrogen and oxygen atoms in total. The van der Waals surface area contributed by atoms with Gasteiger partial charge >= 0.3 is 0 Å². The van der Waals surface area contributed by atoms with Crippen LogP contribution in [0, 0.1) is 6.92 Å². The third-order valence-corrected chi connectivity index (χ3v) is 4.31. The molecule has 0 bridgehead atoms. The van der Waals surface area contributed by atoms with E-state index in [1.807, 2.05) is 14.0 Å². The minimum Gasteiger partial charge on any atom is -0.365 e. The Bertz CT molecular complexity index is 841. The van der Waals surface area contributed by atoms with Crippen LogP contribution in [0.4, 0.5) is 5.82 Å². The summed E-state index contributed by atoms with van der Waals surface area (Å²) < 4.78 is 6.81. The van der Waals surface area contributed by atoms with Crippen molar-refractivity contribution in [2.45, 2.75) is 32.4 Å². The second-order valence-corrected chi connectivity index (χ2v) is 6.18. The van der Waals surface area contributed by atoms with Gasteiger partial charge in [-0.2, -0.15) is 10.1 Å². The molecule has 24 heavy (non-hydrogen) atoms. The highest BCUT2D eigenvalue weighted by Crippen LogP contribution is 2.21. The van der Waals surface area contributed by atoms with E-state index >= 15 is 0 Å². The van der Waals surface area contributed by atoms with E-state index in [0.717, 1.165) is 48.6 Å². The quantitative estimate of drug-likeness (QED) is 0.761. The van der Waals surface area contributed by atoms with Crippen molar-refractivity contribution in [3.63, 3.8) is 0 Å². The molecular formula is C15H20N8O. The second kappa shape index (κ2) is 6.16. The average Bonchev–Trinajstić information content (AvgIpc) is 3.15. The van der Waals surface area contributed by atoms with Gasteiger partial charge in [0.1, 0.15) is 12.1 Å². The Balaban J connectivity index is 1.46. The first-order valence-corrected chi connectivity index (χ1v) is 8.10. The predicted molar refractivity (Wildman–Crippen MR) is 87.3 cm³/mol. The van der Waals surface area contributed by atoms with Crippen molar-refractivity contribution < 1.29 is 4.52 Å². The molecule has 3 aromatic heterocycles. The first-order valence-electron chi connectivity index (χ1n) is 8.10. The smallest absolute Gasteiger partial charge is 0.223 e. The minimum absolute atomic E-state index is 0.324. The van der Waals surface area contributed by atoms with Crippen LogP contribution >= 0.6 is 0 Å². The van der Waals surface area contributed by atoms with E-state index < -0.39 is 0 Å². The number of nitrogens with zero attached hydrogens (tertiary/aromatic N) is 7. The SMILES string of the molecule is Cc1nc(CN2CCC[C@@H](Nc3ncnc4c3cnn4C)C2)no1. The molecule has 3 aromatic rings. The maximum absolute atomic E-state index is 5.05. The van der Waals surface area contributed by atoms with Crippen molar-refractivity contribution in [3.05, 3.63) is 24.2 Å². The second-order valence-electron chi connectivity index (χ2n) is 6.18. The Morgan fingerprint density at radius 3 is 3.12 bits per heavy atom. The maximum Gasteiger partial charge on any atom is 0.223 e. The summed E-state index contributed by atoms with van der Waals surface area (Å²) in [5.41, 5.74) is 0.836. The zero-order valence-electron chi connectivity index (χ0n) is 13.8. The van der Waals surface area contributed by atoms with Gasteiger partial charge in [0.15, 0.2) is 11.5 Å². The Morgan fingerprint density at radius 1 is 1.38 bits per heavy atom. The molecule has 1 aliphatic rings. The van der Waals surface area contributed by atoms with Crippen LogP contribution in [0.25, 0.3) is 11.0 Å². The van der Waals surface area contributed by atoms with E-state index in [2.05, 4.69) is 35.4 Å². The van der Waals surface area contributed by atoms with Crippen LogP contribution in [0.15, 0.2) is 17.0 Å². The third kappa shape index (κ3) is 2.94. The number of aryl methyl sites for hydroxylation is 2. The molecule has 0 aliphatic carbocycles. The number of nitrogens with one attached hydrogen (secondary N) is 1. The van der Waals surface area contributed by atoms with E-state index in [1.54, 1.807) is 17.2 Å². The number of fused-ring (bicyclic) bond motifs is 1. The molecule has 1 N–H and O–H groups in total. The van der Waals surface area contributed by atoms with Crippen LogP contribution in [-0.2, 0) is 13.6 Å². The molecule has 1 fully saturated rings. The lowest BCUT2D eigenvalue weighted by molar-refractivity contribution is 0.201. The van der Waals surface area contributed by atoms with Crippen LogP contribution in [-0.4, -0.2) is 53.9 Å². The molecule has 1 atom stereocenters. The zero-order valence-corrected chi connectivity index (χ0v) is 13.8. The summed E-state index contributed by atoms with van der Waals surface area (Å²) in [4.78, 5) is 15.3. The Labute approximate surface area is 139 Å². The normalized spacial score (nSPS) is 19.0. The van der Waals surface area contributed by atoms with Gasteiger partial charge in [-0.05, 0) is 19.4 Å². The first-order chi connectivity index (χ1) is 11.7. The number of aromatic nitrogens is 6. The molecule has 4 heterocycles. The number of hydrogen-bond acceptors (Lipinski definition) is 8. The van der Waals surface area contributed by atoms with Crippen molar-refractivity contribution >= 4 is 16.9 Å². The van der Waals surface area contributed by atoms with Gasteiger partial charge in [-0.3, -0.25) is 9.58 Å². The molecule has 0 amide bonds. The van der Waals surface area contributed by atoms with Crippen LogP contribution in [0.3, 0.4) is 0 Å². The van der Waals surface area contributed by atoms with Crippen molar-refractivity contribution in [2.24, 2.45) is 7.05 Å². The molecule has 126 valence electrons. The topological polar surface area (TPSA) is 97.8 Å². The monoisotopic (exact) mass is 328 g/mol. The van der Waals surface area contributed by atoms with Crippen LogP contribution in [0.2, 0.25) is 0 Å². The Morgan fingerprint density at radius 2 is 2.29 bits per heavy atom. The van der Waals surface area contributed by atoms with Gasteiger partial charge in [0, 0.05) is 26.6 Å². The fraction of sp³-hybridized carbons (Fsp3) is 0.533. The first kappa shape index (κ1) is 15.0. The van der Waals surface area contributed by atoms with Gasteiger partial charge in [-0.15, -0.1) is 0 Å². The molecule has 0 saturated carbocycles. The van der Waals surface area contributed by atoms with Crippen LogP contribution < -0.4 is 5.32 Å². The maximum atomic E-state index is 5.05. The van der Waals surface area contributed by atoms with E-state index in [9.17, 15) is 0 Å². The van der Waals surface area contributed by atoms with Gasteiger partial charge in [0.05, 0.1) is 18.1 Å². The molecular weight excluding hydrogens is 308 g/mol. The number of rotatable bonds is 4. The number of likely N-dealkylation sites (tertiary alicyclic amines) is 1. The van der Waals surface area contributed by atoms with Gasteiger partial charge in [0.2, 0.25) is 5.89 Å². The lowest BCUT2D eigenvalue weighted by atomic mass is 10.1. The average molecular weight is 328 g/mol. The van der Waals surface area contributed by atoms with Crippen LogP contribution in [0.5, 0.6) is 0 Å². The minimum atomic E-state index is 0.324. The highest BCUT2D eigenvalue weighted by Gasteiger charge is 2.22. The van der Waals surface area contributed by atoms with Gasteiger partial charge in [-0.1, -0.05) is 5.16 Å². The molecule has 1 saturated heterocycles. The Kier molecular flexibility index (Phi) is 3.85.